The second-order valence-corrected chi connectivity index (χ2v) is 3.14. The van der Waals surface area contributed by atoms with Crippen LogP contribution in [-0.2, 0) is 13.0 Å². The molecule has 1 aromatic heterocycles. The zero-order valence-corrected chi connectivity index (χ0v) is 8.58. The quantitative estimate of drug-likeness (QED) is 0.673. The Morgan fingerprint density at radius 2 is 2.23 bits per heavy atom. The lowest BCUT2D eigenvalue weighted by Crippen LogP contribution is -2.21. The molecule has 0 aliphatic carbocycles. The van der Waals surface area contributed by atoms with Crippen molar-refractivity contribution in [2.75, 3.05) is 13.1 Å². The van der Waals surface area contributed by atoms with Crippen molar-refractivity contribution in [2.45, 2.75) is 33.2 Å². The van der Waals surface area contributed by atoms with Gasteiger partial charge in [0.2, 0.25) is 0 Å². The van der Waals surface area contributed by atoms with Crippen molar-refractivity contribution in [3.05, 3.63) is 18.2 Å². The molecule has 1 N–H and O–H groups in total. The Hall–Kier alpha value is -0.830. The Balaban J connectivity index is 2.27. The van der Waals surface area contributed by atoms with Crippen molar-refractivity contribution >= 4 is 0 Å². The van der Waals surface area contributed by atoms with E-state index in [1.165, 1.54) is 12.2 Å². The number of nitrogens with zero attached hydrogens (tertiary/aromatic N) is 2. The van der Waals surface area contributed by atoms with Crippen LogP contribution in [0.15, 0.2) is 12.4 Å². The predicted molar refractivity (Wildman–Crippen MR) is 54.8 cm³/mol. The van der Waals surface area contributed by atoms with Crippen molar-refractivity contribution in [1.29, 1.82) is 0 Å². The molecule has 1 heterocycles. The van der Waals surface area contributed by atoms with E-state index >= 15 is 0 Å². The molecule has 0 fully saturated rings. The molecule has 1 aromatic rings. The second-order valence-electron chi connectivity index (χ2n) is 3.14. The van der Waals surface area contributed by atoms with E-state index in [0.29, 0.717) is 0 Å². The maximum absolute atomic E-state index is 4.27. The summed E-state index contributed by atoms with van der Waals surface area (Å²) < 4.78 is 2.21. The summed E-state index contributed by atoms with van der Waals surface area (Å²) >= 11 is 0. The molecule has 0 unspecified atom stereocenters. The average molecular weight is 181 g/mol. The van der Waals surface area contributed by atoms with Crippen molar-refractivity contribution in [3.63, 3.8) is 0 Å². The zero-order valence-electron chi connectivity index (χ0n) is 8.58. The molecule has 3 nitrogen and oxygen atoms in total. The first-order valence-corrected chi connectivity index (χ1v) is 5.09. The highest BCUT2D eigenvalue weighted by Crippen LogP contribution is 1.96. The molecule has 0 aromatic carbocycles. The Bertz CT molecular complexity index is 230. The highest BCUT2D eigenvalue weighted by molar-refractivity contribution is 4.91. The minimum Gasteiger partial charge on any atom is -0.334 e. The first-order valence-electron chi connectivity index (χ1n) is 5.09. The molecule has 0 bridgehead atoms. The average Bonchev–Trinajstić information content (AvgIpc) is 2.60. The van der Waals surface area contributed by atoms with E-state index in [1.54, 1.807) is 0 Å². The van der Waals surface area contributed by atoms with E-state index in [-0.39, 0.29) is 0 Å². The smallest absolute Gasteiger partial charge is 0.108 e. The lowest BCUT2D eigenvalue weighted by atomic mass is 10.4. The van der Waals surface area contributed by atoms with Crippen molar-refractivity contribution in [2.24, 2.45) is 0 Å². The van der Waals surface area contributed by atoms with E-state index in [1.807, 2.05) is 12.4 Å². The fourth-order valence-corrected chi connectivity index (χ4v) is 1.36. The van der Waals surface area contributed by atoms with Crippen LogP contribution in [0.1, 0.15) is 26.1 Å². The van der Waals surface area contributed by atoms with Gasteiger partial charge in [-0.25, -0.2) is 4.98 Å². The van der Waals surface area contributed by atoms with Crippen LogP contribution < -0.4 is 5.32 Å². The Morgan fingerprint density at radius 3 is 2.92 bits per heavy atom. The number of rotatable bonds is 6. The topological polar surface area (TPSA) is 29.9 Å². The van der Waals surface area contributed by atoms with Gasteiger partial charge in [0.1, 0.15) is 5.82 Å². The minimum atomic E-state index is 1.01. The molecule has 0 spiro atoms. The molecule has 0 atom stereocenters. The normalized spacial score (nSPS) is 10.6. The van der Waals surface area contributed by atoms with E-state index in [9.17, 15) is 0 Å². The van der Waals surface area contributed by atoms with E-state index in [0.717, 1.165) is 26.1 Å². The van der Waals surface area contributed by atoms with Gasteiger partial charge in [-0.2, -0.15) is 0 Å². The first-order chi connectivity index (χ1) is 6.38. The summed E-state index contributed by atoms with van der Waals surface area (Å²) in [7, 11) is 0. The maximum atomic E-state index is 4.27. The largest absolute Gasteiger partial charge is 0.334 e. The number of imidazole rings is 1. The van der Waals surface area contributed by atoms with Crippen LogP contribution in [0.2, 0.25) is 0 Å². The monoisotopic (exact) mass is 181 g/mol. The fraction of sp³-hybridized carbons (Fsp3) is 0.700. The molecule has 0 aliphatic rings. The van der Waals surface area contributed by atoms with E-state index < -0.39 is 0 Å². The Kier molecular flexibility index (Phi) is 4.54. The van der Waals surface area contributed by atoms with Gasteiger partial charge >= 0.3 is 0 Å². The fourth-order valence-electron chi connectivity index (χ4n) is 1.36. The lowest BCUT2D eigenvalue weighted by molar-refractivity contribution is 0.578. The second kappa shape index (κ2) is 5.75. The molecule has 0 radical (unpaired) electrons. The lowest BCUT2D eigenvalue weighted by Gasteiger charge is -2.06. The summed E-state index contributed by atoms with van der Waals surface area (Å²) in [4.78, 5) is 4.27. The van der Waals surface area contributed by atoms with Gasteiger partial charge in [0.15, 0.2) is 0 Å². The van der Waals surface area contributed by atoms with E-state index in [4.69, 9.17) is 0 Å². The summed E-state index contributed by atoms with van der Waals surface area (Å²) in [6, 6.07) is 0. The molecular formula is C10H19N3. The molecule has 3 heteroatoms. The van der Waals surface area contributed by atoms with Crippen LogP contribution in [-0.4, -0.2) is 22.6 Å². The van der Waals surface area contributed by atoms with Gasteiger partial charge in [-0.15, -0.1) is 0 Å². The first kappa shape index (κ1) is 10.3. The molecule has 74 valence electrons. The van der Waals surface area contributed by atoms with Gasteiger partial charge < -0.3 is 9.88 Å². The molecule has 0 amide bonds. The molecule has 0 aliphatic heterocycles. The van der Waals surface area contributed by atoms with Crippen LogP contribution in [0.3, 0.4) is 0 Å². The van der Waals surface area contributed by atoms with Crippen LogP contribution >= 0.6 is 0 Å². The molecule has 0 saturated carbocycles. The summed E-state index contributed by atoms with van der Waals surface area (Å²) in [5.41, 5.74) is 0. The SMILES string of the molecule is CCCNCCn1ccnc1CC. The van der Waals surface area contributed by atoms with E-state index in [2.05, 4.69) is 28.7 Å². The zero-order chi connectivity index (χ0) is 9.52. The number of nitrogens with one attached hydrogen (secondary N) is 1. The third kappa shape index (κ3) is 3.19. The van der Waals surface area contributed by atoms with Crippen LogP contribution in [0, 0.1) is 0 Å². The third-order valence-electron chi connectivity index (χ3n) is 2.07. The van der Waals surface area contributed by atoms with Gasteiger partial charge in [0.05, 0.1) is 0 Å². The standard InChI is InChI=1S/C10H19N3/c1-3-5-11-6-8-13-9-7-12-10(13)4-2/h7,9,11H,3-6,8H2,1-2H3. The maximum Gasteiger partial charge on any atom is 0.108 e. The van der Waals surface area contributed by atoms with Gasteiger partial charge in [0.25, 0.3) is 0 Å². The highest BCUT2D eigenvalue weighted by atomic mass is 15.1. The van der Waals surface area contributed by atoms with Gasteiger partial charge in [-0.05, 0) is 13.0 Å². The summed E-state index contributed by atoms with van der Waals surface area (Å²) in [5, 5.41) is 3.38. The summed E-state index contributed by atoms with van der Waals surface area (Å²) in [6.45, 7) is 7.50. The summed E-state index contributed by atoms with van der Waals surface area (Å²) in [6.07, 6.45) is 6.14. The van der Waals surface area contributed by atoms with Crippen LogP contribution in [0.25, 0.3) is 0 Å². The highest BCUT2D eigenvalue weighted by Gasteiger charge is 1.97. The van der Waals surface area contributed by atoms with Gasteiger partial charge in [-0.3, -0.25) is 0 Å². The van der Waals surface area contributed by atoms with Crippen molar-refractivity contribution in [1.82, 2.24) is 14.9 Å². The van der Waals surface area contributed by atoms with Gasteiger partial charge in [-0.1, -0.05) is 13.8 Å². The minimum absolute atomic E-state index is 1.01. The molecule has 1 rings (SSSR count). The number of aromatic nitrogens is 2. The van der Waals surface area contributed by atoms with Gasteiger partial charge in [0, 0.05) is 31.9 Å². The van der Waals surface area contributed by atoms with Crippen LogP contribution in [0.4, 0.5) is 0 Å². The Labute approximate surface area is 80.2 Å². The van der Waals surface area contributed by atoms with Crippen LogP contribution in [0.5, 0.6) is 0 Å². The van der Waals surface area contributed by atoms with Crippen molar-refractivity contribution in [3.8, 4) is 0 Å². The molecule has 13 heavy (non-hydrogen) atoms. The molecule has 0 saturated heterocycles. The predicted octanol–water partition coefficient (Wildman–Crippen LogP) is 1.45. The number of hydrogen-bond acceptors (Lipinski definition) is 2. The number of hydrogen-bond donors (Lipinski definition) is 1. The van der Waals surface area contributed by atoms with Crippen molar-refractivity contribution < 1.29 is 0 Å². The number of aryl methyl sites for hydroxylation is 1. The Morgan fingerprint density at radius 1 is 1.38 bits per heavy atom. The summed E-state index contributed by atoms with van der Waals surface area (Å²) in [5.74, 6) is 1.18. The third-order valence-corrected chi connectivity index (χ3v) is 2.07. The molecular weight excluding hydrogens is 162 g/mol.